The molecule has 0 aliphatic rings. The molecular formula is C23H26FN3O5. The third kappa shape index (κ3) is 5.16. The van der Waals surface area contributed by atoms with Crippen molar-refractivity contribution in [1.29, 1.82) is 0 Å². The summed E-state index contributed by atoms with van der Waals surface area (Å²) in [5, 5.41) is 6.99. The van der Waals surface area contributed by atoms with Gasteiger partial charge in [0.1, 0.15) is 11.9 Å². The average Bonchev–Trinajstić information content (AvgIpc) is 3.27. The molecule has 9 heteroatoms. The molecule has 0 bridgehead atoms. The number of methoxy groups -OCH3 is 3. The van der Waals surface area contributed by atoms with Crippen LogP contribution in [0.25, 0.3) is 11.4 Å². The molecule has 1 heterocycles. The first-order valence-electron chi connectivity index (χ1n) is 10.0. The first-order valence-corrected chi connectivity index (χ1v) is 10.0. The summed E-state index contributed by atoms with van der Waals surface area (Å²) in [4.78, 5) is 17.0. The largest absolute Gasteiger partial charge is 0.493 e. The number of carbonyl (C=O) groups is 1. The monoisotopic (exact) mass is 443 g/mol. The van der Waals surface area contributed by atoms with E-state index in [1.54, 1.807) is 24.3 Å². The highest BCUT2D eigenvalue weighted by Crippen LogP contribution is 2.40. The Kier molecular flexibility index (Phi) is 7.29. The number of amides is 1. The molecule has 3 aromatic rings. The van der Waals surface area contributed by atoms with Gasteiger partial charge < -0.3 is 24.1 Å². The normalized spacial score (nSPS) is 11.8. The Morgan fingerprint density at radius 3 is 2.22 bits per heavy atom. The zero-order valence-corrected chi connectivity index (χ0v) is 18.6. The van der Waals surface area contributed by atoms with Crippen molar-refractivity contribution in [2.45, 2.75) is 26.3 Å². The highest BCUT2D eigenvalue weighted by Gasteiger charge is 2.26. The summed E-state index contributed by atoms with van der Waals surface area (Å²) < 4.78 is 34.7. The van der Waals surface area contributed by atoms with Crippen molar-refractivity contribution in [3.8, 4) is 28.6 Å². The van der Waals surface area contributed by atoms with Gasteiger partial charge in [-0.3, -0.25) is 4.79 Å². The Morgan fingerprint density at radius 1 is 1.06 bits per heavy atom. The maximum atomic E-state index is 13.1. The second kappa shape index (κ2) is 10.1. The van der Waals surface area contributed by atoms with Gasteiger partial charge in [0.15, 0.2) is 11.5 Å². The van der Waals surface area contributed by atoms with Crippen molar-refractivity contribution >= 4 is 5.91 Å². The number of halogens is 1. The van der Waals surface area contributed by atoms with Crippen LogP contribution in [0.15, 0.2) is 40.9 Å². The molecule has 1 aromatic heterocycles. The molecule has 0 saturated carbocycles. The van der Waals surface area contributed by atoms with Gasteiger partial charge in [-0.15, -0.1) is 0 Å². The quantitative estimate of drug-likeness (QED) is 0.535. The van der Waals surface area contributed by atoms with Crippen LogP contribution < -0.4 is 19.5 Å². The van der Waals surface area contributed by atoms with Crippen molar-refractivity contribution in [3.05, 3.63) is 53.7 Å². The van der Waals surface area contributed by atoms with E-state index in [1.165, 1.54) is 33.5 Å². The van der Waals surface area contributed by atoms with Gasteiger partial charge in [-0.1, -0.05) is 31.1 Å². The minimum absolute atomic E-state index is 0.0135. The van der Waals surface area contributed by atoms with E-state index in [0.717, 1.165) is 0 Å². The molecule has 0 aliphatic carbocycles. The molecule has 0 spiro atoms. The van der Waals surface area contributed by atoms with Gasteiger partial charge in [0, 0.05) is 5.56 Å². The zero-order chi connectivity index (χ0) is 23.3. The van der Waals surface area contributed by atoms with Crippen molar-refractivity contribution in [3.63, 3.8) is 0 Å². The fourth-order valence-electron chi connectivity index (χ4n) is 3.21. The Labute approximate surface area is 185 Å². The van der Waals surface area contributed by atoms with E-state index in [4.69, 9.17) is 18.7 Å². The van der Waals surface area contributed by atoms with Gasteiger partial charge in [0.25, 0.3) is 0 Å². The van der Waals surface area contributed by atoms with Gasteiger partial charge in [-0.05, 0) is 35.7 Å². The highest BCUT2D eigenvalue weighted by molar-refractivity contribution is 5.79. The van der Waals surface area contributed by atoms with Crippen molar-refractivity contribution in [2.24, 2.45) is 5.92 Å². The van der Waals surface area contributed by atoms with Gasteiger partial charge >= 0.3 is 0 Å². The number of aromatic nitrogens is 2. The van der Waals surface area contributed by atoms with E-state index < -0.39 is 6.04 Å². The maximum Gasteiger partial charge on any atom is 0.249 e. The summed E-state index contributed by atoms with van der Waals surface area (Å²) in [6.07, 6.45) is 0.109. The highest BCUT2D eigenvalue weighted by atomic mass is 19.1. The number of hydrogen-bond acceptors (Lipinski definition) is 7. The van der Waals surface area contributed by atoms with Crippen LogP contribution in [0.5, 0.6) is 17.2 Å². The third-order valence-corrected chi connectivity index (χ3v) is 4.89. The van der Waals surface area contributed by atoms with E-state index in [0.29, 0.717) is 34.2 Å². The van der Waals surface area contributed by atoms with Gasteiger partial charge in [-0.25, -0.2) is 4.39 Å². The Bertz CT molecular complexity index is 1040. The molecule has 32 heavy (non-hydrogen) atoms. The predicted octanol–water partition coefficient (Wildman–Crippen LogP) is 3.96. The molecule has 1 amide bonds. The number of rotatable bonds is 9. The second-order valence-electron chi connectivity index (χ2n) is 7.46. The lowest BCUT2D eigenvalue weighted by Gasteiger charge is -2.18. The number of ether oxygens (including phenoxy) is 3. The third-order valence-electron chi connectivity index (χ3n) is 4.89. The molecule has 1 atom stereocenters. The number of nitrogens with zero attached hydrogens (tertiary/aromatic N) is 2. The van der Waals surface area contributed by atoms with Gasteiger partial charge in [-0.2, -0.15) is 4.98 Å². The van der Waals surface area contributed by atoms with Crippen molar-refractivity contribution in [1.82, 2.24) is 15.5 Å². The summed E-state index contributed by atoms with van der Waals surface area (Å²) in [5.74, 6) is 1.37. The van der Waals surface area contributed by atoms with E-state index in [-0.39, 0.29) is 30.0 Å². The lowest BCUT2D eigenvalue weighted by Crippen LogP contribution is -2.33. The smallest absolute Gasteiger partial charge is 0.249 e. The molecule has 1 N–H and O–H groups in total. The summed E-state index contributed by atoms with van der Waals surface area (Å²) in [7, 11) is 4.57. The number of nitrogens with one attached hydrogen (secondary N) is 1. The Balaban J connectivity index is 1.82. The Hall–Kier alpha value is -3.62. The number of hydrogen-bond donors (Lipinski definition) is 1. The van der Waals surface area contributed by atoms with Crippen LogP contribution in [0.3, 0.4) is 0 Å². The molecular weight excluding hydrogens is 417 g/mol. The SMILES string of the molecule is COc1cc(-c2noc(C(NC(=O)Cc3ccc(F)cc3)C(C)C)n2)cc(OC)c1OC. The molecule has 0 aliphatic heterocycles. The molecule has 0 radical (unpaired) electrons. The number of carbonyl (C=O) groups excluding carboxylic acids is 1. The molecule has 1 unspecified atom stereocenters. The van der Waals surface area contributed by atoms with Gasteiger partial charge in [0.05, 0.1) is 27.8 Å². The van der Waals surface area contributed by atoms with Crippen LogP contribution in [-0.2, 0) is 11.2 Å². The van der Waals surface area contributed by atoms with E-state index in [1.807, 2.05) is 13.8 Å². The van der Waals surface area contributed by atoms with Gasteiger partial charge in [0.2, 0.25) is 23.4 Å². The van der Waals surface area contributed by atoms with Crippen molar-refractivity contribution in [2.75, 3.05) is 21.3 Å². The summed E-state index contributed by atoms with van der Waals surface area (Å²) >= 11 is 0. The lowest BCUT2D eigenvalue weighted by atomic mass is 10.0. The summed E-state index contributed by atoms with van der Waals surface area (Å²) in [6, 6.07) is 8.74. The minimum atomic E-state index is -0.494. The van der Waals surface area contributed by atoms with Crippen LogP contribution in [-0.4, -0.2) is 37.4 Å². The molecule has 0 saturated heterocycles. The van der Waals surface area contributed by atoms with Crippen LogP contribution >= 0.6 is 0 Å². The summed E-state index contributed by atoms with van der Waals surface area (Å²) in [5.41, 5.74) is 1.31. The van der Waals surface area contributed by atoms with Crippen LogP contribution in [0, 0.1) is 11.7 Å². The van der Waals surface area contributed by atoms with E-state index in [9.17, 15) is 9.18 Å². The van der Waals surface area contributed by atoms with Crippen LogP contribution in [0.4, 0.5) is 4.39 Å². The number of benzene rings is 2. The topological polar surface area (TPSA) is 95.7 Å². The second-order valence-corrected chi connectivity index (χ2v) is 7.46. The maximum absolute atomic E-state index is 13.1. The molecule has 8 nitrogen and oxygen atoms in total. The van der Waals surface area contributed by atoms with E-state index >= 15 is 0 Å². The standard InChI is InChI=1S/C23H26FN3O5/c1-13(2)20(25-19(28)10-14-6-8-16(24)9-7-14)23-26-22(27-32-23)15-11-17(29-3)21(31-5)18(12-15)30-4/h6-9,11-13,20H,10H2,1-5H3,(H,25,28). The predicted molar refractivity (Wildman–Crippen MR) is 115 cm³/mol. The first kappa shape index (κ1) is 23.1. The molecule has 0 fully saturated rings. The Morgan fingerprint density at radius 2 is 1.69 bits per heavy atom. The van der Waals surface area contributed by atoms with Crippen LogP contribution in [0.1, 0.15) is 31.3 Å². The molecule has 2 aromatic carbocycles. The summed E-state index contributed by atoms with van der Waals surface area (Å²) in [6.45, 7) is 3.87. The van der Waals surface area contributed by atoms with Crippen LogP contribution in [0.2, 0.25) is 0 Å². The van der Waals surface area contributed by atoms with E-state index in [2.05, 4.69) is 15.5 Å². The zero-order valence-electron chi connectivity index (χ0n) is 18.6. The molecule has 170 valence electrons. The minimum Gasteiger partial charge on any atom is -0.493 e. The first-order chi connectivity index (χ1) is 15.4. The van der Waals surface area contributed by atoms with Crippen molar-refractivity contribution < 1.29 is 27.9 Å². The fraction of sp³-hybridized carbons (Fsp3) is 0.348. The molecule has 3 rings (SSSR count). The lowest BCUT2D eigenvalue weighted by molar-refractivity contribution is -0.121. The average molecular weight is 443 g/mol. The fourth-order valence-corrected chi connectivity index (χ4v) is 3.21.